The summed E-state index contributed by atoms with van der Waals surface area (Å²) in [5, 5.41) is 0. The van der Waals surface area contributed by atoms with E-state index in [-0.39, 0.29) is 31.1 Å². The van der Waals surface area contributed by atoms with Crippen LogP contribution in [0, 0.1) is 11.8 Å². The molecule has 6 nitrogen and oxygen atoms in total. The molecule has 0 amide bonds. The first-order valence-electron chi connectivity index (χ1n) is 27.3. The number of unbranched alkanes of at least 4 members (excludes halogenated alkanes) is 33. The minimum absolute atomic E-state index is 0.0637. The first-order chi connectivity index (χ1) is 29.8. The quantitative estimate of drug-likeness (QED) is 0.0344. The van der Waals surface area contributed by atoms with Gasteiger partial charge in [0.25, 0.3) is 0 Å². The van der Waals surface area contributed by atoms with Gasteiger partial charge in [-0.3, -0.25) is 14.4 Å². The molecule has 6 heteroatoms. The molecule has 0 aromatic carbocycles. The number of esters is 3. The Bertz CT molecular complexity index is 933. The zero-order valence-corrected chi connectivity index (χ0v) is 41.8. The van der Waals surface area contributed by atoms with E-state index in [2.05, 4.69) is 34.6 Å². The van der Waals surface area contributed by atoms with Crippen LogP contribution in [0.15, 0.2) is 0 Å². The van der Waals surface area contributed by atoms with Crippen LogP contribution in [0.5, 0.6) is 0 Å². The van der Waals surface area contributed by atoms with Gasteiger partial charge in [-0.15, -0.1) is 0 Å². The highest BCUT2D eigenvalue weighted by Gasteiger charge is 2.19. The van der Waals surface area contributed by atoms with Crippen molar-refractivity contribution in [2.45, 2.75) is 310 Å². The van der Waals surface area contributed by atoms with Crippen LogP contribution in [-0.2, 0) is 28.6 Å². The lowest BCUT2D eigenvalue weighted by atomic mass is 9.99. The van der Waals surface area contributed by atoms with Crippen LogP contribution >= 0.6 is 0 Å². The average Bonchev–Trinajstić information content (AvgIpc) is 3.24. The molecule has 0 aliphatic rings. The Labute approximate surface area is 380 Å². The van der Waals surface area contributed by atoms with Gasteiger partial charge in [-0.2, -0.15) is 0 Å². The largest absolute Gasteiger partial charge is 0.462 e. The number of carbonyl (C=O) groups excluding carboxylic acids is 3. The van der Waals surface area contributed by atoms with Crippen molar-refractivity contribution < 1.29 is 28.6 Å². The third-order valence-electron chi connectivity index (χ3n) is 12.8. The fourth-order valence-electron chi connectivity index (χ4n) is 8.31. The number of hydrogen-bond acceptors (Lipinski definition) is 6. The average molecular weight is 863 g/mol. The predicted molar refractivity (Wildman–Crippen MR) is 261 cm³/mol. The predicted octanol–water partition coefficient (Wildman–Crippen LogP) is 17.7. The molecular formula is C55H106O6. The number of carbonyl (C=O) groups is 3. The highest BCUT2D eigenvalue weighted by Crippen LogP contribution is 2.18. The van der Waals surface area contributed by atoms with Gasteiger partial charge in [-0.25, -0.2) is 0 Å². The van der Waals surface area contributed by atoms with E-state index < -0.39 is 6.10 Å². The molecule has 0 radical (unpaired) electrons. The van der Waals surface area contributed by atoms with Gasteiger partial charge in [0, 0.05) is 19.3 Å². The summed E-state index contributed by atoms with van der Waals surface area (Å²) in [6, 6.07) is 0. The molecule has 0 N–H and O–H groups in total. The molecule has 61 heavy (non-hydrogen) atoms. The van der Waals surface area contributed by atoms with Gasteiger partial charge in [0.2, 0.25) is 0 Å². The second-order valence-electron chi connectivity index (χ2n) is 19.6. The first-order valence-corrected chi connectivity index (χ1v) is 27.3. The van der Waals surface area contributed by atoms with Gasteiger partial charge in [0.15, 0.2) is 6.10 Å². The molecule has 1 unspecified atom stereocenters. The van der Waals surface area contributed by atoms with Gasteiger partial charge in [-0.1, -0.05) is 266 Å². The molecular weight excluding hydrogens is 757 g/mol. The maximum Gasteiger partial charge on any atom is 0.306 e. The Hall–Kier alpha value is -1.59. The highest BCUT2D eigenvalue weighted by molar-refractivity contribution is 5.71. The minimum Gasteiger partial charge on any atom is -0.462 e. The summed E-state index contributed by atoms with van der Waals surface area (Å²) in [5.41, 5.74) is 0. The molecule has 0 aromatic rings. The van der Waals surface area contributed by atoms with Crippen LogP contribution in [0.3, 0.4) is 0 Å². The second kappa shape index (κ2) is 47.9. The lowest BCUT2D eigenvalue weighted by molar-refractivity contribution is -0.167. The molecule has 0 bridgehead atoms. The van der Waals surface area contributed by atoms with Gasteiger partial charge >= 0.3 is 17.9 Å². The fraction of sp³-hybridized carbons (Fsp3) is 0.945. The molecule has 0 rings (SSSR count). The SMILES string of the molecule is CCCCCCCCCCCC(=O)OC[C@@H](COC(=O)CCCCCCCCCCCCCCCCCCCCC(C)CC)OC(=O)CCCCCCCCCCCC(C)C. The summed E-state index contributed by atoms with van der Waals surface area (Å²) in [6.07, 6.45) is 49.6. The molecule has 0 spiro atoms. The lowest BCUT2D eigenvalue weighted by Crippen LogP contribution is -2.30. The molecule has 362 valence electrons. The second-order valence-corrected chi connectivity index (χ2v) is 19.6. The Morgan fingerprint density at radius 3 is 0.934 bits per heavy atom. The van der Waals surface area contributed by atoms with Crippen molar-refractivity contribution in [2.24, 2.45) is 11.8 Å². The first kappa shape index (κ1) is 59.4. The van der Waals surface area contributed by atoms with E-state index >= 15 is 0 Å². The van der Waals surface area contributed by atoms with E-state index in [1.807, 2.05) is 0 Å². The number of rotatable bonds is 49. The Kier molecular flexibility index (Phi) is 46.6. The molecule has 0 fully saturated rings. The van der Waals surface area contributed by atoms with Crippen molar-refractivity contribution in [1.82, 2.24) is 0 Å². The summed E-state index contributed by atoms with van der Waals surface area (Å²) in [6.45, 7) is 11.4. The van der Waals surface area contributed by atoms with Gasteiger partial charge in [0.1, 0.15) is 13.2 Å². The maximum atomic E-state index is 12.8. The summed E-state index contributed by atoms with van der Waals surface area (Å²) in [7, 11) is 0. The van der Waals surface area contributed by atoms with Crippen molar-refractivity contribution >= 4 is 17.9 Å². The zero-order valence-electron chi connectivity index (χ0n) is 41.8. The monoisotopic (exact) mass is 863 g/mol. The lowest BCUT2D eigenvalue weighted by Gasteiger charge is -2.18. The smallest absolute Gasteiger partial charge is 0.306 e. The van der Waals surface area contributed by atoms with Crippen molar-refractivity contribution in [3.05, 3.63) is 0 Å². The van der Waals surface area contributed by atoms with Gasteiger partial charge < -0.3 is 14.2 Å². The Balaban J connectivity index is 4.15. The van der Waals surface area contributed by atoms with Crippen LogP contribution in [-0.4, -0.2) is 37.2 Å². The Morgan fingerprint density at radius 2 is 0.623 bits per heavy atom. The Morgan fingerprint density at radius 1 is 0.344 bits per heavy atom. The van der Waals surface area contributed by atoms with E-state index in [1.165, 1.54) is 193 Å². The molecule has 0 saturated carbocycles. The summed E-state index contributed by atoms with van der Waals surface area (Å²) >= 11 is 0. The zero-order chi connectivity index (χ0) is 44.7. The molecule has 0 aromatic heterocycles. The minimum atomic E-state index is -0.761. The van der Waals surface area contributed by atoms with E-state index in [0.29, 0.717) is 19.3 Å². The molecule has 0 aliphatic carbocycles. The topological polar surface area (TPSA) is 78.9 Å². The highest BCUT2D eigenvalue weighted by atomic mass is 16.6. The standard InChI is InChI=1S/C55H106O6/c1-6-8-9-10-11-23-30-35-40-45-53(56)59-48-52(61-55(58)47-42-37-32-27-22-24-28-33-38-43-50(3)4)49-60-54(57)46-41-36-31-26-21-19-17-15-13-12-14-16-18-20-25-29-34-39-44-51(5)7-2/h50-52H,6-49H2,1-5H3/t51?,52-/m0/s1. The fourth-order valence-corrected chi connectivity index (χ4v) is 8.31. The van der Waals surface area contributed by atoms with E-state index in [9.17, 15) is 14.4 Å². The van der Waals surface area contributed by atoms with Crippen LogP contribution in [0.1, 0.15) is 304 Å². The van der Waals surface area contributed by atoms with E-state index in [1.54, 1.807) is 0 Å². The van der Waals surface area contributed by atoms with E-state index in [0.717, 1.165) is 69.6 Å². The molecule has 0 saturated heterocycles. The van der Waals surface area contributed by atoms with Crippen molar-refractivity contribution in [1.29, 1.82) is 0 Å². The molecule has 2 atom stereocenters. The summed E-state index contributed by atoms with van der Waals surface area (Å²) in [4.78, 5) is 37.9. The van der Waals surface area contributed by atoms with Crippen LogP contribution < -0.4 is 0 Å². The maximum absolute atomic E-state index is 12.8. The van der Waals surface area contributed by atoms with Crippen LogP contribution in [0.25, 0.3) is 0 Å². The van der Waals surface area contributed by atoms with Crippen molar-refractivity contribution in [2.75, 3.05) is 13.2 Å². The van der Waals surface area contributed by atoms with E-state index in [4.69, 9.17) is 14.2 Å². The molecule has 0 heterocycles. The molecule has 0 aliphatic heterocycles. The summed E-state index contributed by atoms with van der Waals surface area (Å²) in [5.74, 6) is 0.866. The van der Waals surface area contributed by atoms with Gasteiger partial charge in [-0.05, 0) is 31.1 Å². The van der Waals surface area contributed by atoms with Crippen LogP contribution in [0.4, 0.5) is 0 Å². The summed E-state index contributed by atoms with van der Waals surface area (Å²) < 4.78 is 16.8. The van der Waals surface area contributed by atoms with Gasteiger partial charge in [0.05, 0.1) is 0 Å². The van der Waals surface area contributed by atoms with Crippen molar-refractivity contribution in [3.63, 3.8) is 0 Å². The normalized spacial score (nSPS) is 12.5. The van der Waals surface area contributed by atoms with Crippen molar-refractivity contribution in [3.8, 4) is 0 Å². The number of hydrogen-bond donors (Lipinski definition) is 0. The number of ether oxygens (including phenoxy) is 3. The third kappa shape index (κ3) is 47.7. The van der Waals surface area contributed by atoms with Crippen LogP contribution in [0.2, 0.25) is 0 Å². The third-order valence-corrected chi connectivity index (χ3v) is 12.8.